The highest BCUT2D eigenvalue weighted by molar-refractivity contribution is 7.21. The summed E-state index contributed by atoms with van der Waals surface area (Å²) in [5.74, 6) is -0.515. The zero-order valence-electron chi connectivity index (χ0n) is 22.5. The van der Waals surface area contributed by atoms with Gasteiger partial charge in [-0.05, 0) is 43.7 Å². The zero-order valence-corrected chi connectivity index (χ0v) is 23.3. The second-order valence-corrected chi connectivity index (χ2v) is 10.1. The molecule has 13 heteroatoms. The molecule has 0 aliphatic rings. The van der Waals surface area contributed by atoms with Gasteiger partial charge in [-0.15, -0.1) is 11.3 Å². The summed E-state index contributed by atoms with van der Waals surface area (Å²) >= 11 is 1.37. The van der Waals surface area contributed by atoms with Crippen molar-refractivity contribution in [2.24, 2.45) is 0 Å². The van der Waals surface area contributed by atoms with E-state index in [1.54, 1.807) is 19.2 Å². The first-order valence-corrected chi connectivity index (χ1v) is 13.3. The van der Waals surface area contributed by atoms with E-state index in [0.717, 1.165) is 11.1 Å². The number of hydrogen-bond acceptors (Lipinski definition) is 10. The van der Waals surface area contributed by atoms with E-state index >= 15 is 0 Å². The second-order valence-electron chi connectivity index (χ2n) is 9.03. The van der Waals surface area contributed by atoms with Crippen LogP contribution in [0.3, 0.4) is 0 Å². The van der Waals surface area contributed by atoms with Crippen LogP contribution in [0.2, 0.25) is 0 Å². The van der Waals surface area contributed by atoms with Crippen molar-refractivity contribution < 1.29 is 28.2 Å². The normalized spacial score (nSPS) is 11.7. The predicted octanol–water partition coefficient (Wildman–Crippen LogP) is 5.13. The van der Waals surface area contributed by atoms with Crippen LogP contribution in [-0.4, -0.2) is 58.8 Å². The van der Waals surface area contributed by atoms with Gasteiger partial charge in [0.1, 0.15) is 23.4 Å². The minimum atomic E-state index is -0.746. The van der Waals surface area contributed by atoms with E-state index in [1.807, 2.05) is 19.1 Å². The molecule has 5 aromatic rings. The van der Waals surface area contributed by atoms with Crippen molar-refractivity contribution in [3.8, 4) is 22.2 Å². The van der Waals surface area contributed by atoms with Gasteiger partial charge in [-0.1, -0.05) is 0 Å². The first-order chi connectivity index (χ1) is 19.7. The third kappa shape index (κ3) is 6.14. The van der Waals surface area contributed by atoms with Gasteiger partial charge in [-0.2, -0.15) is 0 Å². The number of thiazole rings is 1. The Morgan fingerprint density at radius 2 is 1.90 bits per heavy atom. The highest BCUT2D eigenvalue weighted by Crippen LogP contribution is 2.37. The highest BCUT2D eigenvalue weighted by Gasteiger charge is 2.18. The number of nitrogens with zero attached hydrogens (tertiary/aromatic N) is 4. The zero-order chi connectivity index (χ0) is 29.1. The van der Waals surface area contributed by atoms with Gasteiger partial charge in [0.05, 0.1) is 46.4 Å². The number of ether oxygens (including phenoxy) is 3. The van der Waals surface area contributed by atoms with Gasteiger partial charge in [0.15, 0.2) is 11.6 Å². The number of aromatic nitrogens is 4. The number of carbonyl (C=O) groups excluding carboxylic acids is 2. The second kappa shape index (κ2) is 11.7. The Balaban J connectivity index is 1.27. The maximum Gasteiger partial charge on any atom is 0.411 e. The number of aryl methyl sites for hydroxylation is 1. The summed E-state index contributed by atoms with van der Waals surface area (Å²) in [6, 6.07) is 9.76. The molecule has 2 aromatic carbocycles. The third-order valence-corrected chi connectivity index (χ3v) is 6.95. The van der Waals surface area contributed by atoms with Gasteiger partial charge < -0.3 is 19.5 Å². The topological polar surface area (TPSA) is 137 Å². The lowest BCUT2D eigenvalue weighted by molar-refractivity contribution is 0.0958. The molecule has 3 aromatic heterocycles. The average molecular weight is 577 g/mol. The largest absolute Gasteiger partial charge is 0.484 e. The van der Waals surface area contributed by atoms with Crippen LogP contribution in [0.5, 0.6) is 11.6 Å². The molecular weight excluding hydrogens is 551 g/mol. The molecule has 210 valence electrons. The Morgan fingerprint density at radius 3 is 2.63 bits per heavy atom. The number of halogens is 1. The molecule has 2 N–H and O–H groups in total. The molecule has 0 aliphatic heterocycles. The Morgan fingerprint density at radius 1 is 1.07 bits per heavy atom. The van der Waals surface area contributed by atoms with Crippen molar-refractivity contribution in [3.05, 3.63) is 65.9 Å². The number of rotatable bonds is 8. The average Bonchev–Trinajstić information content (AvgIpc) is 3.37. The summed E-state index contributed by atoms with van der Waals surface area (Å²) < 4.78 is 31.8. The number of nitrogens with one attached hydrogen (secondary N) is 2. The molecule has 3 heterocycles. The molecule has 0 aliphatic carbocycles. The standard InChI is InChI=1S/C28H25FN6O5S/c1-14-7-17(25-21(8-14)34-24(38-4)12-32-25)27-35-20-9-18(29)22(10-23(20)41-27)40-15(2)13-39-28(37)33-16-5-6-19(31-11-16)26(36)30-3/h5-12,15H,13H2,1-4H3,(H,30,36)(H,33,37)/t15-/m0/s1. The number of pyridine rings is 1. The molecule has 5 rings (SSSR count). The van der Waals surface area contributed by atoms with Gasteiger partial charge in [0, 0.05) is 24.7 Å². The van der Waals surface area contributed by atoms with Crippen molar-refractivity contribution in [1.82, 2.24) is 25.3 Å². The Labute approximate surface area is 237 Å². The van der Waals surface area contributed by atoms with Crippen LogP contribution < -0.4 is 20.1 Å². The fourth-order valence-electron chi connectivity index (χ4n) is 3.97. The van der Waals surface area contributed by atoms with Crippen LogP contribution in [0, 0.1) is 12.7 Å². The quantitative estimate of drug-likeness (QED) is 0.257. The van der Waals surface area contributed by atoms with Crippen molar-refractivity contribution >= 4 is 50.3 Å². The Bertz CT molecular complexity index is 1760. The molecule has 11 nitrogen and oxygen atoms in total. The lowest BCUT2D eigenvalue weighted by atomic mass is 10.1. The molecule has 2 amide bonds. The third-order valence-electron chi connectivity index (χ3n) is 5.90. The SMILES string of the molecule is CNC(=O)c1ccc(NC(=O)OC[C@H](C)Oc2cc3sc(-c4cc(C)cc5nc(OC)cnc45)nc3cc2F)cn1. The minimum absolute atomic E-state index is 0.0110. The summed E-state index contributed by atoms with van der Waals surface area (Å²) in [5.41, 5.74) is 4.12. The molecule has 0 radical (unpaired) electrons. The Kier molecular flexibility index (Phi) is 7.88. The fraction of sp³-hybridized carbons (Fsp3) is 0.214. The molecular formula is C28H25FN6O5S. The fourth-order valence-corrected chi connectivity index (χ4v) is 4.97. The highest BCUT2D eigenvalue weighted by atomic mass is 32.1. The van der Waals surface area contributed by atoms with Gasteiger partial charge in [0.2, 0.25) is 5.88 Å². The van der Waals surface area contributed by atoms with Crippen LogP contribution >= 0.6 is 11.3 Å². The first-order valence-electron chi connectivity index (χ1n) is 12.4. The monoisotopic (exact) mass is 576 g/mol. The summed E-state index contributed by atoms with van der Waals surface area (Å²) in [7, 11) is 3.03. The molecule has 0 bridgehead atoms. The van der Waals surface area contributed by atoms with Crippen molar-refractivity contribution in [1.29, 1.82) is 0 Å². The molecule has 1 atom stereocenters. The van der Waals surface area contributed by atoms with Crippen LogP contribution in [0.1, 0.15) is 23.0 Å². The lowest BCUT2D eigenvalue weighted by Crippen LogP contribution is -2.24. The maximum atomic E-state index is 14.9. The molecule has 0 unspecified atom stereocenters. The predicted molar refractivity (Wildman–Crippen MR) is 152 cm³/mol. The van der Waals surface area contributed by atoms with E-state index in [9.17, 15) is 14.0 Å². The smallest absolute Gasteiger partial charge is 0.411 e. The first kappa shape index (κ1) is 27.6. The summed E-state index contributed by atoms with van der Waals surface area (Å²) in [6.07, 6.45) is 1.48. The number of methoxy groups -OCH3 is 1. The van der Waals surface area contributed by atoms with E-state index in [0.29, 0.717) is 37.8 Å². The van der Waals surface area contributed by atoms with Crippen LogP contribution in [0.4, 0.5) is 14.9 Å². The van der Waals surface area contributed by atoms with Crippen molar-refractivity contribution in [3.63, 3.8) is 0 Å². The van der Waals surface area contributed by atoms with Crippen molar-refractivity contribution in [2.75, 3.05) is 26.1 Å². The number of anilines is 1. The van der Waals surface area contributed by atoms with Gasteiger partial charge in [0.25, 0.3) is 5.91 Å². The summed E-state index contributed by atoms with van der Waals surface area (Å²) in [5, 5.41) is 5.64. The lowest BCUT2D eigenvalue weighted by Gasteiger charge is -2.15. The number of carbonyl (C=O) groups is 2. The Hall–Kier alpha value is -4.91. The molecule has 0 spiro atoms. The van der Waals surface area contributed by atoms with E-state index < -0.39 is 18.0 Å². The summed E-state index contributed by atoms with van der Waals surface area (Å²) in [6.45, 7) is 3.46. The maximum absolute atomic E-state index is 14.9. The number of hydrogen-bond donors (Lipinski definition) is 2. The van der Waals surface area contributed by atoms with E-state index in [-0.39, 0.29) is 24.0 Å². The molecule has 0 saturated carbocycles. The van der Waals surface area contributed by atoms with E-state index in [4.69, 9.17) is 14.2 Å². The van der Waals surface area contributed by atoms with Gasteiger partial charge in [-0.25, -0.2) is 29.1 Å². The van der Waals surface area contributed by atoms with Crippen LogP contribution in [-0.2, 0) is 4.74 Å². The molecule has 0 fully saturated rings. The van der Waals surface area contributed by atoms with Crippen LogP contribution in [0.15, 0.2) is 48.8 Å². The van der Waals surface area contributed by atoms with E-state index in [2.05, 4.69) is 30.6 Å². The van der Waals surface area contributed by atoms with Crippen LogP contribution in [0.25, 0.3) is 31.8 Å². The van der Waals surface area contributed by atoms with E-state index in [1.165, 1.54) is 49.9 Å². The van der Waals surface area contributed by atoms with Gasteiger partial charge >= 0.3 is 6.09 Å². The molecule has 0 saturated heterocycles. The van der Waals surface area contributed by atoms with Crippen molar-refractivity contribution in [2.45, 2.75) is 20.0 Å². The number of benzene rings is 2. The minimum Gasteiger partial charge on any atom is -0.484 e. The molecule has 41 heavy (non-hydrogen) atoms. The summed E-state index contributed by atoms with van der Waals surface area (Å²) in [4.78, 5) is 41.3. The van der Waals surface area contributed by atoms with Gasteiger partial charge in [-0.3, -0.25) is 10.1 Å². The number of fused-ring (bicyclic) bond motifs is 2. The number of amides is 2.